The van der Waals surface area contributed by atoms with Gasteiger partial charge in [0.1, 0.15) is 10.7 Å². The van der Waals surface area contributed by atoms with Crippen LogP contribution in [0.15, 0.2) is 23.4 Å². The molecule has 0 bridgehead atoms. The van der Waals surface area contributed by atoms with Crippen molar-refractivity contribution in [1.82, 2.24) is 14.6 Å². The average molecular weight is 259 g/mol. The Morgan fingerprint density at radius 2 is 2.29 bits per heavy atom. The highest BCUT2D eigenvalue weighted by molar-refractivity contribution is 7.89. The van der Waals surface area contributed by atoms with Crippen LogP contribution in [0.25, 0.3) is 0 Å². The van der Waals surface area contributed by atoms with Crippen LogP contribution >= 0.6 is 0 Å². The van der Waals surface area contributed by atoms with Gasteiger partial charge in [0.25, 0.3) is 0 Å². The van der Waals surface area contributed by atoms with Crippen molar-refractivity contribution in [2.75, 3.05) is 19.6 Å². The molecule has 0 aliphatic carbocycles. The Morgan fingerprint density at radius 1 is 1.53 bits per heavy atom. The molecule has 1 aliphatic heterocycles. The number of nitrogens with zero attached hydrogens (tertiary/aromatic N) is 2. The molecular formula is C10H14FN3O2S. The second kappa shape index (κ2) is 4.67. The molecule has 1 N–H and O–H groups in total. The van der Waals surface area contributed by atoms with E-state index in [0.29, 0.717) is 19.6 Å². The van der Waals surface area contributed by atoms with Crippen molar-refractivity contribution >= 4 is 10.0 Å². The Labute approximate surface area is 99.7 Å². The number of hydrogen-bond acceptors (Lipinski definition) is 4. The fraction of sp³-hybridized carbons (Fsp3) is 0.500. The highest BCUT2D eigenvalue weighted by atomic mass is 32.2. The van der Waals surface area contributed by atoms with Crippen LogP contribution in [-0.2, 0) is 10.0 Å². The van der Waals surface area contributed by atoms with E-state index in [1.807, 2.05) is 6.92 Å². The first-order valence-corrected chi connectivity index (χ1v) is 6.78. The van der Waals surface area contributed by atoms with E-state index in [0.717, 1.165) is 12.3 Å². The minimum atomic E-state index is -3.63. The summed E-state index contributed by atoms with van der Waals surface area (Å²) < 4.78 is 38.7. The van der Waals surface area contributed by atoms with Gasteiger partial charge in [-0.25, -0.2) is 12.8 Å². The third-order valence-corrected chi connectivity index (χ3v) is 4.48. The Morgan fingerprint density at radius 3 is 2.94 bits per heavy atom. The average Bonchev–Trinajstić information content (AvgIpc) is 2.29. The molecule has 0 aromatic carbocycles. The maximum atomic E-state index is 13.0. The molecule has 0 spiro atoms. The van der Waals surface area contributed by atoms with Gasteiger partial charge in [0.05, 0.1) is 6.20 Å². The number of aromatic nitrogens is 1. The molecule has 1 aromatic heterocycles. The number of nitrogens with one attached hydrogen (secondary N) is 1. The highest BCUT2D eigenvalue weighted by Crippen LogP contribution is 2.16. The molecule has 2 heterocycles. The Balaban J connectivity index is 2.29. The normalized spacial score (nSPS) is 22.6. The van der Waals surface area contributed by atoms with Crippen molar-refractivity contribution < 1.29 is 12.8 Å². The zero-order chi connectivity index (χ0) is 12.5. The molecule has 7 heteroatoms. The fourth-order valence-corrected chi connectivity index (χ4v) is 3.30. The van der Waals surface area contributed by atoms with Gasteiger partial charge in [0.2, 0.25) is 10.0 Å². The quantitative estimate of drug-likeness (QED) is 0.824. The minimum Gasteiger partial charge on any atom is -0.312 e. The lowest BCUT2D eigenvalue weighted by Crippen LogP contribution is -2.51. The Hall–Kier alpha value is -1.05. The monoisotopic (exact) mass is 259 g/mol. The van der Waals surface area contributed by atoms with Crippen molar-refractivity contribution in [3.63, 3.8) is 0 Å². The maximum Gasteiger partial charge on any atom is 0.244 e. The van der Waals surface area contributed by atoms with Gasteiger partial charge in [0.15, 0.2) is 0 Å². The van der Waals surface area contributed by atoms with Crippen molar-refractivity contribution in [2.24, 2.45) is 0 Å². The fourth-order valence-electron chi connectivity index (χ4n) is 1.80. The predicted molar refractivity (Wildman–Crippen MR) is 60.4 cm³/mol. The van der Waals surface area contributed by atoms with Gasteiger partial charge >= 0.3 is 0 Å². The Kier molecular flexibility index (Phi) is 3.41. The topological polar surface area (TPSA) is 62.3 Å². The smallest absolute Gasteiger partial charge is 0.244 e. The van der Waals surface area contributed by atoms with Crippen LogP contribution in [0, 0.1) is 5.82 Å². The van der Waals surface area contributed by atoms with Crippen LogP contribution in [-0.4, -0.2) is 43.4 Å². The van der Waals surface area contributed by atoms with E-state index in [1.165, 1.54) is 10.5 Å². The van der Waals surface area contributed by atoms with E-state index in [4.69, 9.17) is 0 Å². The van der Waals surface area contributed by atoms with E-state index in [-0.39, 0.29) is 10.9 Å². The van der Waals surface area contributed by atoms with Gasteiger partial charge in [-0.3, -0.25) is 4.98 Å². The number of pyridine rings is 1. The van der Waals surface area contributed by atoms with Gasteiger partial charge < -0.3 is 5.32 Å². The molecule has 1 saturated heterocycles. The molecule has 1 aliphatic rings. The van der Waals surface area contributed by atoms with E-state index in [2.05, 4.69) is 10.3 Å². The summed E-state index contributed by atoms with van der Waals surface area (Å²) in [5, 5.41) is 3.15. The predicted octanol–water partition coefficient (Wildman–Crippen LogP) is 0.203. The molecule has 1 aromatic rings. The van der Waals surface area contributed by atoms with Crippen molar-refractivity contribution in [3.8, 4) is 0 Å². The second-order valence-electron chi connectivity index (χ2n) is 4.06. The number of hydrogen-bond donors (Lipinski definition) is 1. The largest absolute Gasteiger partial charge is 0.312 e. The number of rotatable bonds is 2. The first-order chi connectivity index (χ1) is 8.00. The van der Waals surface area contributed by atoms with Crippen LogP contribution in [0.3, 0.4) is 0 Å². The van der Waals surface area contributed by atoms with E-state index >= 15 is 0 Å². The maximum absolute atomic E-state index is 13.0. The van der Waals surface area contributed by atoms with E-state index in [1.54, 1.807) is 0 Å². The summed E-state index contributed by atoms with van der Waals surface area (Å²) in [4.78, 5) is 3.48. The van der Waals surface area contributed by atoms with Crippen LogP contribution in [0.1, 0.15) is 6.92 Å². The van der Waals surface area contributed by atoms with Gasteiger partial charge in [-0.1, -0.05) is 0 Å². The van der Waals surface area contributed by atoms with Crippen molar-refractivity contribution in [2.45, 2.75) is 17.9 Å². The number of piperazine rings is 1. The molecule has 2 rings (SSSR count). The Bertz CT molecular complexity index is 506. The molecule has 0 radical (unpaired) electrons. The minimum absolute atomic E-state index is 0.0911. The first-order valence-electron chi connectivity index (χ1n) is 5.34. The van der Waals surface area contributed by atoms with Crippen molar-refractivity contribution in [1.29, 1.82) is 0 Å². The molecule has 1 atom stereocenters. The summed E-state index contributed by atoms with van der Waals surface area (Å²) in [5.74, 6) is -0.644. The molecule has 1 unspecified atom stereocenters. The van der Waals surface area contributed by atoms with Crippen LogP contribution < -0.4 is 5.32 Å². The second-order valence-corrected chi connectivity index (χ2v) is 6.00. The third-order valence-electron chi connectivity index (χ3n) is 2.65. The van der Waals surface area contributed by atoms with Gasteiger partial charge in [-0.15, -0.1) is 0 Å². The zero-order valence-corrected chi connectivity index (χ0v) is 10.2. The van der Waals surface area contributed by atoms with E-state index in [9.17, 15) is 12.8 Å². The molecular weight excluding hydrogens is 245 g/mol. The van der Waals surface area contributed by atoms with Crippen LogP contribution in [0.5, 0.6) is 0 Å². The summed E-state index contributed by atoms with van der Waals surface area (Å²) in [6, 6.07) is 1.09. The lowest BCUT2D eigenvalue weighted by Gasteiger charge is -2.30. The molecule has 0 amide bonds. The van der Waals surface area contributed by atoms with Gasteiger partial charge in [-0.05, 0) is 13.0 Å². The van der Waals surface area contributed by atoms with Crippen LogP contribution in [0.2, 0.25) is 0 Å². The first kappa shape index (κ1) is 12.4. The molecule has 1 fully saturated rings. The summed E-state index contributed by atoms with van der Waals surface area (Å²) in [6.07, 6.45) is 2.16. The summed E-state index contributed by atoms with van der Waals surface area (Å²) in [7, 11) is -3.63. The standard InChI is InChI=1S/C10H14FN3O2S/c1-8-7-14(3-2-13-8)17(15,16)10-4-9(11)5-12-6-10/h4-6,8,13H,2-3,7H2,1H3. The summed E-state index contributed by atoms with van der Waals surface area (Å²) >= 11 is 0. The van der Waals surface area contributed by atoms with Crippen LogP contribution in [0.4, 0.5) is 4.39 Å². The number of sulfonamides is 1. The lowest BCUT2D eigenvalue weighted by molar-refractivity contribution is 0.310. The zero-order valence-electron chi connectivity index (χ0n) is 9.43. The molecule has 94 valence electrons. The highest BCUT2D eigenvalue weighted by Gasteiger charge is 2.28. The molecule has 17 heavy (non-hydrogen) atoms. The third kappa shape index (κ3) is 2.62. The summed E-state index contributed by atoms with van der Waals surface area (Å²) in [6.45, 7) is 3.29. The van der Waals surface area contributed by atoms with Gasteiger partial charge in [0, 0.05) is 31.9 Å². The van der Waals surface area contributed by atoms with Gasteiger partial charge in [-0.2, -0.15) is 4.31 Å². The lowest BCUT2D eigenvalue weighted by atomic mass is 10.3. The van der Waals surface area contributed by atoms with E-state index < -0.39 is 15.8 Å². The molecule has 5 nitrogen and oxygen atoms in total. The number of halogens is 1. The summed E-state index contributed by atoms with van der Waals surface area (Å²) in [5.41, 5.74) is 0. The van der Waals surface area contributed by atoms with Crippen molar-refractivity contribution in [3.05, 3.63) is 24.3 Å². The SMILES string of the molecule is CC1CN(S(=O)(=O)c2cncc(F)c2)CCN1. The molecule has 0 saturated carbocycles.